The summed E-state index contributed by atoms with van der Waals surface area (Å²) >= 11 is 3.43. The van der Waals surface area contributed by atoms with Gasteiger partial charge in [0.05, 0.1) is 12.7 Å². The van der Waals surface area contributed by atoms with Crippen LogP contribution in [-0.4, -0.2) is 19.1 Å². The summed E-state index contributed by atoms with van der Waals surface area (Å²) in [6, 6.07) is 4.36. The van der Waals surface area contributed by atoms with Crippen molar-refractivity contribution in [2.24, 2.45) is 0 Å². The Hall–Kier alpha value is -1.03. The number of halogens is 1. The van der Waals surface area contributed by atoms with Crippen molar-refractivity contribution in [3.05, 3.63) is 27.7 Å². The fourth-order valence-electron chi connectivity index (χ4n) is 1.92. The topological polar surface area (TPSA) is 38.3 Å². The number of anilines is 1. The first-order chi connectivity index (χ1) is 8.11. The number of hydrogen-bond acceptors (Lipinski definition) is 3. The van der Waals surface area contributed by atoms with Crippen LogP contribution in [-0.2, 0) is 4.74 Å². The molecule has 1 saturated carbocycles. The van der Waals surface area contributed by atoms with Crippen LogP contribution in [0.3, 0.4) is 0 Å². The third-order valence-corrected chi connectivity index (χ3v) is 3.70. The molecule has 0 saturated heterocycles. The van der Waals surface area contributed by atoms with Gasteiger partial charge in [0.1, 0.15) is 0 Å². The van der Waals surface area contributed by atoms with Gasteiger partial charge in [-0.25, -0.2) is 4.79 Å². The zero-order valence-electron chi connectivity index (χ0n) is 10.0. The summed E-state index contributed by atoms with van der Waals surface area (Å²) in [6.45, 7) is 1.94. The summed E-state index contributed by atoms with van der Waals surface area (Å²) in [4.78, 5) is 11.6. The SMILES string of the molecule is COC(=O)c1cc(Br)cc(NC2CCC2)c1C. The molecule has 0 spiro atoms. The second-order valence-electron chi connectivity index (χ2n) is 4.39. The average molecular weight is 298 g/mol. The van der Waals surface area contributed by atoms with Crippen molar-refractivity contribution in [3.63, 3.8) is 0 Å². The first-order valence-electron chi connectivity index (χ1n) is 5.77. The molecule has 92 valence electrons. The Morgan fingerprint density at radius 3 is 2.71 bits per heavy atom. The van der Waals surface area contributed by atoms with Crippen LogP contribution in [0.15, 0.2) is 16.6 Å². The van der Waals surface area contributed by atoms with Crippen LogP contribution in [0.4, 0.5) is 5.69 Å². The quantitative estimate of drug-likeness (QED) is 0.868. The van der Waals surface area contributed by atoms with Gasteiger partial charge < -0.3 is 10.1 Å². The van der Waals surface area contributed by atoms with Crippen LogP contribution < -0.4 is 5.32 Å². The van der Waals surface area contributed by atoms with Gasteiger partial charge in [-0.15, -0.1) is 0 Å². The van der Waals surface area contributed by atoms with E-state index in [0.717, 1.165) is 15.7 Å². The van der Waals surface area contributed by atoms with Crippen LogP contribution in [0, 0.1) is 6.92 Å². The number of esters is 1. The monoisotopic (exact) mass is 297 g/mol. The molecule has 17 heavy (non-hydrogen) atoms. The van der Waals surface area contributed by atoms with Crippen molar-refractivity contribution in [2.75, 3.05) is 12.4 Å². The third-order valence-electron chi connectivity index (χ3n) is 3.24. The maximum absolute atomic E-state index is 11.6. The van der Waals surface area contributed by atoms with Gasteiger partial charge in [0, 0.05) is 16.2 Å². The maximum atomic E-state index is 11.6. The van der Waals surface area contributed by atoms with Gasteiger partial charge in [-0.1, -0.05) is 15.9 Å². The van der Waals surface area contributed by atoms with E-state index in [0.29, 0.717) is 11.6 Å². The molecule has 0 atom stereocenters. The summed E-state index contributed by atoms with van der Waals surface area (Å²) in [7, 11) is 1.40. The minimum atomic E-state index is -0.291. The summed E-state index contributed by atoms with van der Waals surface area (Å²) in [5.74, 6) is -0.291. The molecular weight excluding hydrogens is 282 g/mol. The van der Waals surface area contributed by atoms with Gasteiger partial charge in [-0.2, -0.15) is 0 Å². The highest BCUT2D eigenvalue weighted by Crippen LogP contribution is 2.29. The standard InChI is InChI=1S/C13H16BrNO2/c1-8-11(13(16)17-2)6-9(14)7-12(8)15-10-4-3-5-10/h6-7,10,15H,3-5H2,1-2H3. The lowest BCUT2D eigenvalue weighted by atomic mass is 9.92. The lowest BCUT2D eigenvalue weighted by Crippen LogP contribution is -2.27. The van der Waals surface area contributed by atoms with E-state index >= 15 is 0 Å². The van der Waals surface area contributed by atoms with Crippen LogP contribution in [0.2, 0.25) is 0 Å². The smallest absolute Gasteiger partial charge is 0.338 e. The fraction of sp³-hybridized carbons (Fsp3) is 0.462. The molecule has 1 N–H and O–H groups in total. The van der Waals surface area contributed by atoms with Crippen LogP contribution in [0.1, 0.15) is 35.2 Å². The number of carbonyl (C=O) groups is 1. The molecule has 0 radical (unpaired) electrons. The van der Waals surface area contributed by atoms with Gasteiger partial charge in [0.25, 0.3) is 0 Å². The number of carbonyl (C=O) groups excluding carboxylic acids is 1. The Morgan fingerprint density at radius 2 is 2.18 bits per heavy atom. The average Bonchev–Trinajstić information content (AvgIpc) is 2.26. The van der Waals surface area contributed by atoms with Gasteiger partial charge in [-0.3, -0.25) is 0 Å². The lowest BCUT2D eigenvalue weighted by Gasteiger charge is -2.28. The fourth-order valence-corrected chi connectivity index (χ4v) is 2.38. The largest absolute Gasteiger partial charge is 0.465 e. The van der Waals surface area contributed by atoms with Crippen molar-refractivity contribution in [1.82, 2.24) is 0 Å². The molecule has 1 aliphatic carbocycles. The Kier molecular flexibility index (Phi) is 3.72. The third kappa shape index (κ3) is 2.63. The Balaban J connectivity index is 2.30. The second-order valence-corrected chi connectivity index (χ2v) is 5.31. The number of rotatable bonds is 3. The summed E-state index contributed by atoms with van der Waals surface area (Å²) in [5.41, 5.74) is 2.58. The Morgan fingerprint density at radius 1 is 1.47 bits per heavy atom. The number of methoxy groups -OCH3 is 1. The highest BCUT2D eigenvalue weighted by Gasteiger charge is 2.20. The molecule has 0 aliphatic heterocycles. The minimum absolute atomic E-state index is 0.291. The van der Waals surface area contributed by atoms with E-state index in [-0.39, 0.29) is 5.97 Å². The highest BCUT2D eigenvalue weighted by molar-refractivity contribution is 9.10. The van der Waals surface area contributed by atoms with Crippen molar-refractivity contribution < 1.29 is 9.53 Å². The van der Waals surface area contributed by atoms with Gasteiger partial charge in [0.2, 0.25) is 0 Å². The van der Waals surface area contributed by atoms with E-state index in [1.54, 1.807) is 6.07 Å². The molecule has 1 aromatic rings. The van der Waals surface area contributed by atoms with E-state index in [9.17, 15) is 4.79 Å². The molecule has 0 unspecified atom stereocenters. The normalized spacial score (nSPS) is 15.2. The number of nitrogens with one attached hydrogen (secondary N) is 1. The molecule has 0 aromatic heterocycles. The maximum Gasteiger partial charge on any atom is 0.338 e. The molecule has 4 heteroatoms. The summed E-state index contributed by atoms with van der Waals surface area (Å²) < 4.78 is 5.68. The number of ether oxygens (including phenoxy) is 1. The van der Waals surface area contributed by atoms with Gasteiger partial charge >= 0.3 is 5.97 Å². The first-order valence-corrected chi connectivity index (χ1v) is 6.56. The van der Waals surface area contributed by atoms with E-state index in [4.69, 9.17) is 4.74 Å². The van der Waals surface area contributed by atoms with E-state index < -0.39 is 0 Å². The second kappa shape index (κ2) is 5.08. The van der Waals surface area contributed by atoms with Gasteiger partial charge in [0.15, 0.2) is 0 Å². The Labute approximate surface area is 110 Å². The predicted molar refractivity (Wildman–Crippen MR) is 71.5 cm³/mol. The number of benzene rings is 1. The highest BCUT2D eigenvalue weighted by atomic mass is 79.9. The lowest BCUT2D eigenvalue weighted by molar-refractivity contribution is 0.0600. The zero-order valence-corrected chi connectivity index (χ0v) is 11.6. The molecule has 0 amide bonds. The van der Waals surface area contributed by atoms with E-state index in [1.807, 2.05) is 13.0 Å². The molecule has 1 fully saturated rings. The molecule has 0 heterocycles. The van der Waals surface area contributed by atoms with Gasteiger partial charge in [-0.05, 0) is 43.9 Å². The number of hydrogen-bond donors (Lipinski definition) is 1. The van der Waals surface area contributed by atoms with Crippen molar-refractivity contribution in [3.8, 4) is 0 Å². The van der Waals surface area contributed by atoms with Crippen LogP contribution in [0.25, 0.3) is 0 Å². The van der Waals surface area contributed by atoms with E-state index in [2.05, 4.69) is 21.2 Å². The van der Waals surface area contributed by atoms with Crippen molar-refractivity contribution in [1.29, 1.82) is 0 Å². The van der Waals surface area contributed by atoms with Crippen molar-refractivity contribution in [2.45, 2.75) is 32.2 Å². The zero-order chi connectivity index (χ0) is 12.4. The molecule has 1 aliphatic rings. The molecule has 3 nitrogen and oxygen atoms in total. The minimum Gasteiger partial charge on any atom is -0.465 e. The molecule has 0 bridgehead atoms. The molecule has 1 aromatic carbocycles. The molecular formula is C13H16BrNO2. The summed E-state index contributed by atoms with van der Waals surface area (Å²) in [5, 5.41) is 3.47. The first kappa shape index (κ1) is 12.4. The molecule has 2 rings (SSSR count). The van der Waals surface area contributed by atoms with Crippen LogP contribution in [0.5, 0.6) is 0 Å². The summed E-state index contributed by atoms with van der Waals surface area (Å²) in [6.07, 6.45) is 3.70. The van der Waals surface area contributed by atoms with Crippen LogP contribution >= 0.6 is 15.9 Å². The predicted octanol–water partition coefficient (Wildman–Crippen LogP) is 3.51. The van der Waals surface area contributed by atoms with Crippen molar-refractivity contribution >= 4 is 27.6 Å². The van der Waals surface area contributed by atoms with E-state index in [1.165, 1.54) is 26.4 Å². The Bertz CT molecular complexity index is 441.